The van der Waals surface area contributed by atoms with Crippen molar-refractivity contribution < 1.29 is 14.3 Å². The van der Waals surface area contributed by atoms with E-state index >= 15 is 0 Å². The molecule has 0 fully saturated rings. The highest BCUT2D eigenvalue weighted by Crippen LogP contribution is 2.32. The van der Waals surface area contributed by atoms with Crippen molar-refractivity contribution in [1.82, 2.24) is 19.4 Å². The molecule has 1 aliphatic rings. The Labute approximate surface area is 150 Å². The van der Waals surface area contributed by atoms with Crippen LogP contribution in [0, 0.1) is 0 Å². The summed E-state index contributed by atoms with van der Waals surface area (Å²) in [5.41, 5.74) is 2.02. The number of aryl methyl sites for hydroxylation is 1. The summed E-state index contributed by atoms with van der Waals surface area (Å²) >= 11 is 0. The van der Waals surface area contributed by atoms with Gasteiger partial charge in [-0.15, -0.1) is 0 Å². The van der Waals surface area contributed by atoms with Crippen LogP contribution in [0.4, 0.5) is 0 Å². The number of carbonyl (C=O) groups excluding carboxylic acids is 2. The van der Waals surface area contributed by atoms with Crippen molar-refractivity contribution >= 4 is 22.7 Å². The van der Waals surface area contributed by atoms with Gasteiger partial charge in [0.05, 0.1) is 35.3 Å². The molecule has 0 spiro atoms. The Morgan fingerprint density at radius 1 is 1.08 bits per heavy atom. The van der Waals surface area contributed by atoms with Gasteiger partial charge in [0.2, 0.25) is 0 Å². The van der Waals surface area contributed by atoms with Crippen molar-refractivity contribution in [2.45, 2.75) is 19.6 Å². The van der Waals surface area contributed by atoms with Gasteiger partial charge >= 0.3 is 0 Å². The Bertz CT molecular complexity index is 982. The van der Waals surface area contributed by atoms with Gasteiger partial charge in [-0.2, -0.15) is 0 Å². The van der Waals surface area contributed by atoms with E-state index in [0.717, 1.165) is 0 Å². The molecule has 3 heterocycles. The number of rotatable bonds is 6. The number of hydrogen-bond acceptors (Lipinski definition) is 5. The van der Waals surface area contributed by atoms with Crippen molar-refractivity contribution in [3.63, 3.8) is 0 Å². The summed E-state index contributed by atoms with van der Waals surface area (Å²) in [6.45, 7) is 1.23. The van der Waals surface area contributed by atoms with Crippen molar-refractivity contribution in [3.05, 3.63) is 59.8 Å². The molecule has 0 unspecified atom stereocenters. The fourth-order valence-electron chi connectivity index (χ4n) is 3.35. The predicted molar refractivity (Wildman–Crippen MR) is 94.7 cm³/mol. The molecule has 7 heteroatoms. The Hall–Kier alpha value is -3.06. The lowest BCUT2D eigenvalue weighted by Gasteiger charge is -2.13. The number of carbonyl (C=O) groups is 2. The molecule has 0 radical (unpaired) electrons. The number of hydrogen-bond donors (Lipinski definition) is 0. The van der Waals surface area contributed by atoms with Gasteiger partial charge in [0.15, 0.2) is 0 Å². The molecule has 1 aliphatic heterocycles. The van der Waals surface area contributed by atoms with Gasteiger partial charge in [0.25, 0.3) is 11.8 Å². The van der Waals surface area contributed by atoms with E-state index < -0.39 is 0 Å². The fraction of sp³-hybridized carbons (Fsp3) is 0.263. The number of fused-ring (bicyclic) bond motifs is 3. The summed E-state index contributed by atoms with van der Waals surface area (Å²) in [4.78, 5) is 35.8. The maximum atomic E-state index is 13.0. The van der Waals surface area contributed by atoms with E-state index in [1.165, 1.54) is 4.90 Å². The van der Waals surface area contributed by atoms with Gasteiger partial charge in [-0.25, -0.2) is 9.97 Å². The van der Waals surface area contributed by atoms with Crippen LogP contribution in [0.15, 0.2) is 43.0 Å². The predicted octanol–water partition coefficient (Wildman–Crippen LogP) is 2.26. The maximum Gasteiger partial charge on any atom is 0.263 e. The number of imidazole rings is 1. The summed E-state index contributed by atoms with van der Waals surface area (Å²) in [6, 6.07) is 7.38. The van der Waals surface area contributed by atoms with Gasteiger partial charge in [0, 0.05) is 38.0 Å². The average molecular weight is 350 g/mol. The molecule has 2 amide bonds. The summed E-state index contributed by atoms with van der Waals surface area (Å²) in [6.07, 6.45) is 5.94. The third kappa shape index (κ3) is 2.66. The molecule has 0 saturated heterocycles. The number of ether oxygens (including phenoxy) is 1. The number of amides is 2. The molecule has 0 aliphatic carbocycles. The van der Waals surface area contributed by atoms with Gasteiger partial charge in [-0.3, -0.25) is 14.5 Å². The second-order valence-corrected chi connectivity index (χ2v) is 6.17. The van der Waals surface area contributed by atoms with Crippen molar-refractivity contribution in [1.29, 1.82) is 0 Å². The first kappa shape index (κ1) is 16.4. The first-order chi connectivity index (χ1) is 12.7. The van der Waals surface area contributed by atoms with Crippen LogP contribution in [0.1, 0.15) is 32.8 Å². The van der Waals surface area contributed by atoms with E-state index in [4.69, 9.17) is 4.74 Å². The quantitative estimate of drug-likeness (QED) is 0.637. The molecule has 0 saturated carbocycles. The Kier molecular flexibility index (Phi) is 4.22. The molecule has 1 aromatic carbocycles. The molecule has 7 nitrogen and oxygen atoms in total. The molecule has 4 rings (SSSR count). The topological polar surface area (TPSA) is 77.3 Å². The number of nitrogens with zero attached hydrogens (tertiary/aromatic N) is 4. The van der Waals surface area contributed by atoms with Crippen molar-refractivity contribution in [3.8, 4) is 0 Å². The highest BCUT2D eigenvalue weighted by molar-refractivity contribution is 6.26. The van der Waals surface area contributed by atoms with Crippen molar-refractivity contribution in [2.24, 2.45) is 0 Å². The van der Waals surface area contributed by atoms with Crippen LogP contribution in [0.3, 0.4) is 0 Å². The Balaban J connectivity index is 1.68. The zero-order chi connectivity index (χ0) is 18.1. The normalized spacial score (nSPS) is 13.7. The third-order valence-corrected chi connectivity index (χ3v) is 4.52. The van der Waals surface area contributed by atoms with E-state index in [-0.39, 0.29) is 18.4 Å². The first-order valence-electron chi connectivity index (χ1n) is 8.43. The van der Waals surface area contributed by atoms with Crippen molar-refractivity contribution in [2.75, 3.05) is 13.7 Å². The number of para-hydroxylation sites is 1. The second-order valence-electron chi connectivity index (χ2n) is 6.17. The highest BCUT2D eigenvalue weighted by atomic mass is 16.5. The fourth-order valence-corrected chi connectivity index (χ4v) is 3.35. The lowest BCUT2D eigenvalue weighted by molar-refractivity contribution is 0.0649. The molecule has 2 aromatic heterocycles. The number of methoxy groups -OCH3 is 1. The van der Waals surface area contributed by atoms with Gasteiger partial charge in [0.1, 0.15) is 0 Å². The number of imide groups is 1. The molecule has 3 aromatic rings. The smallest absolute Gasteiger partial charge is 0.263 e. The zero-order valence-electron chi connectivity index (χ0n) is 14.4. The SMILES string of the molecule is COCc1nc2ccccc2c2c1C(=O)N(CCCn1ccnc1)C2=O. The molecule has 26 heavy (non-hydrogen) atoms. The molecule has 0 bridgehead atoms. The van der Waals surface area contributed by atoms with E-state index in [2.05, 4.69) is 9.97 Å². The van der Waals surface area contributed by atoms with Gasteiger partial charge in [-0.1, -0.05) is 18.2 Å². The lowest BCUT2D eigenvalue weighted by Crippen LogP contribution is -2.31. The number of aromatic nitrogens is 3. The van der Waals surface area contributed by atoms with E-state index in [1.807, 2.05) is 35.0 Å². The van der Waals surface area contributed by atoms with Crippen LogP contribution in [0.2, 0.25) is 0 Å². The standard InChI is InChI=1S/C19H18N4O3/c1-26-11-15-17-16(13-5-2-3-6-14(13)21-15)18(24)23(19(17)25)9-4-8-22-10-7-20-12-22/h2-3,5-7,10,12H,4,8-9,11H2,1H3. The highest BCUT2D eigenvalue weighted by Gasteiger charge is 2.39. The van der Waals surface area contributed by atoms with Crippen LogP contribution >= 0.6 is 0 Å². The maximum absolute atomic E-state index is 13.0. The van der Waals surface area contributed by atoms with E-state index in [0.29, 0.717) is 47.2 Å². The van der Waals surface area contributed by atoms with Gasteiger partial charge < -0.3 is 9.30 Å². The zero-order valence-corrected chi connectivity index (χ0v) is 14.4. The van der Waals surface area contributed by atoms with Crippen LogP contribution < -0.4 is 0 Å². The summed E-state index contributed by atoms with van der Waals surface area (Å²) in [5.74, 6) is -0.549. The molecular formula is C19H18N4O3. The average Bonchev–Trinajstić information content (AvgIpc) is 3.24. The van der Waals surface area contributed by atoms with Crippen LogP contribution in [-0.4, -0.2) is 44.9 Å². The minimum Gasteiger partial charge on any atom is -0.378 e. The molecule has 132 valence electrons. The van der Waals surface area contributed by atoms with Crippen LogP contribution in [0.25, 0.3) is 10.9 Å². The molecule has 0 N–H and O–H groups in total. The molecule has 0 atom stereocenters. The van der Waals surface area contributed by atoms with E-state index in [9.17, 15) is 9.59 Å². The number of pyridine rings is 1. The summed E-state index contributed by atoms with van der Waals surface area (Å²) in [5, 5.41) is 0.706. The number of benzene rings is 1. The lowest BCUT2D eigenvalue weighted by atomic mass is 10.0. The van der Waals surface area contributed by atoms with Crippen LogP contribution in [-0.2, 0) is 17.9 Å². The first-order valence-corrected chi connectivity index (χ1v) is 8.43. The summed E-state index contributed by atoms with van der Waals surface area (Å²) < 4.78 is 7.12. The third-order valence-electron chi connectivity index (χ3n) is 4.52. The monoisotopic (exact) mass is 350 g/mol. The largest absolute Gasteiger partial charge is 0.378 e. The van der Waals surface area contributed by atoms with Crippen LogP contribution in [0.5, 0.6) is 0 Å². The second kappa shape index (κ2) is 6.68. The van der Waals surface area contributed by atoms with E-state index in [1.54, 1.807) is 19.6 Å². The minimum absolute atomic E-state index is 0.190. The Morgan fingerprint density at radius 3 is 2.65 bits per heavy atom. The summed E-state index contributed by atoms with van der Waals surface area (Å²) in [7, 11) is 1.55. The minimum atomic E-state index is -0.291. The Morgan fingerprint density at radius 2 is 1.88 bits per heavy atom. The van der Waals surface area contributed by atoms with Gasteiger partial charge in [-0.05, 0) is 12.5 Å². The molecular weight excluding hydrogens is 332 g/mol.